The minimum Gasteiger partial charge on any atom is -0.329 e. The minimum atomic E-state index is 0.437. The lowest BCUT2D eigenvalue weighted by Crippen LogP contribution is -2.41. The molecule has 0 aliphatic carbocycles. The Morgan fingerprint density at radius 2 is 1.94 bits per heavy atom. The summed E-state index contributed by atoms with van der Waals surface area (Å²) in [6.45, 7) is 6.07. The van der Waals surface area contributed by atoms with E-state index in [9.17, 15) is 0 Å². The van der Waals surface area contributed by atoms with Gasteiger partial charge in [-0.25, -0.2) is 0 Å². The second kappa shape index (κ2) is 6.38. The van der Waals surface area contributed by atoms with Gasteiger partial charge in [-0.05, 0) is 24.6 Å². The summed E-state index contributed by atoms with van der Waals surface area (Å²) in [5, 5.41) is 0. The molecule has 1 aromatic carbocycles. The van der Waals surface area contributed by atoms with E-state index in [-0.39, 0.29) is 0 Å². The lowest BCUT2D eigenvalue weighted by atomic mass is 10.0. The number of hydrogen-bond acceptors (Lipinski definition) is 2. The summed E-state index contributed by atoms with van der Waals surface area (Å²) in [4.78, 5) is 2.32. The second-order valence-corrected chi connectivity index (χ2v) is 5.41. The number of likely N-dealkylation sites (N-methyl/N-ethyl adjacent to an activating group) is 1. The third kappa shape index (κ3) is 3.58. The van der Waals surface area contributed by atoms with E-state index in [4.69, 9.17) is 5.73 Å². The first kappa shape index (κ1) is 13.7. The molecule has 16 heavy (non-hydrogen) atoms. The van der Waals surface area contributed by atoms with Crippen molar-refractivity contribution in [3.05, 3.63) is 34.3 Å². The third-order valence-corrected chi connectivity index (χ3v) is 3.73. The van der Waals surface area contributed by atoms with E-state index in [1.54, 1.807) is 0 Å². The Bertz CT molecular complexity index is 325. The van der Waals surface area contributed by atoms with Gasteiger partial charge in [0.05, 0.1) is 0 Å². The average molecular weight is 285 g/mol. The van der Waals surface area contributed by atoms with Gasteiger partial charge in [0.15, 0.2) is 0 Å². The molecule has 3 heteroatoms. The molecule has 90 valence electrons. The number of benzene rings is 1. The lowest BCUT2D eigenvalue weighted by Gasteiger charge is -2.30. The van der Waals surface area contributed by atoms with Crippen molar-refractivity contribution in [1.29, 1.82) is 0 Å². The van der Waals surface area contributed by atoms with Gasteiger partial charge in [-0.3, -0.25) is 4.90 Å². The zero-order valence-electron chi connectivity index (χ0n) is 10.3. The molecule has 1 unspecified atom stereocenters. The topological polar surface area (TPSA) is 29.3 Å². The molecule has 1 rings (SSSR count). The van der Waals surface area contributed by atoms with E-state index >= 15 is 0 Å². The van der Waals surface area contributed by atoms with E-state index in [1.165, 1.54) is 10.0 Å². The molecule has 0 saturated carbocycles. The Morgan fingerprint density at radius 3 is 2.44 bits per heavy atom. The molecule has 0 aromatic heterocycles. The second-order valence-electron chi connectivity index (χ2n) is 4.55. The fourth-order valence-electron chi connectivity index (χ4n) is 1.97. The number of rotatable bonds is 5. The van der Waals surface area contributed by atoms with Crippen LogP contribution in [0.4, 0.5) is 0 Å². The van der Waals surface area contributed by atoms with E-state index in [2.05, 4.69) is 59.9 Å². The maximum atomic E-state index is 5.81. The molecule has 0 bridgehead atoms. The van der Waals surface area contributed by atoms with Crippen molar-refractivity contribution in [3.8, 4) is 0 Å². The van der Waals surface area contributed by atoms with Crippen LogP contribution in [0.2, 0.25) is 0 Å². The molecule has 2 N–H and O–H groups in total. The summed E-state index contributed by atoms with van der Waals surface area (Å²) < 4.78 is 1.17. The predicted octanol–water partition coefficient (Wildman–Crippen LogP) is 2.86. The normalized spacial score (nSPS) is 13.4. The number of nitrogens with two attached hydrogens (primary N) is 1. The fourth-order valence-corrected chi connectivity index (χ4v) is 2.38. The zero-order valence-corrected chi connectivity index (χ0v) is 11.9. The molecule has 2 nitrogen and oxygen atoms in total. The molecule has 0 spiro atoms. The fraction of sp³-hybridized carbons (Fsp3) is 0.538. The highest BCUT2D eigenvalue weighted by molar-refractivity contribution is 9.10. The highest BCUT2D eigenvalue weighted by atomic mass is 79.9. The molecule has 0 fully saturated rings. The van der Waals surface area contributed by atoms with Crippen LogP contribution in [0.5, 0.6) is 0 Å². The van der Waals surface area contributed by atoms with Crippen LogP contribution < -0.4 is 5.73 Å². The van der Waals surface area contributed by atoms with Crippen molar-refractivity contribution in [2.75, 3.05) is 13.6 Å². The van der Waals surface area contributed by atoms with Crippen molar-refractivity contribution in [2.45, 2.75) is 26.4 Å². The third-order valence-electron chi connectivity index (χ3n) is 2.95. The lowest BCUT2D eigenvalue weighted by molar-refractivity contribution is 0.189. The number of hydrogen-bond donors (Lipinski definition) is 1. The first-order valence-electron chi connectivity index (χ1n) is 5.70. The van der Waals surface area contributed by atoms with Crippen molar-refractivity contribution >= 4 is 15.9 Å². The van der Waals surface area contributed by atoms with Gasteiger partial charge in [0, 0.05) is 23.6 Å². The van der Waals surface area contributed by atoms with Crippen molar-refractivity contribution in [2.24, 2.45) is 11.7 Å². The molecule has 1 atom stereocenters. The average Bonchev–Trinajstić information content (AvgIpc) is 2.22. The maximum absolute atomic E-state index is 5.81. The maximum Gasteiger partial charge on any atom is 0.0245 e. The Labute approximate surface area is 107 Å². The number of halogens is 1. The molecular weight excluding hydrogens is 264 g/mol. The highest BCUT2D eigenvalue weighted by Crippen LogP contribution is 2.19. The van der Waals surface area contributed by atoms with Gasteiger partial charge in [-0.1, -0.05) is 48.0 Å². The number of nitrogens with zero attached hydrogens (tertiary/aromatic N) is 1. The Hall–Kier alpha value is -0.380. The van der Waals surface area contributed by atoms with Crippen LogP contribution in [0, 0.1) is 5.92 Å². The Kier molecular flexibility index (Phi) is 5.46. The molecular formula is C13H21BrN2. The van der Waals surface area contributed by atoms with E-state index < -0.39 is 0 Å². The van der Waals surface area contributed by atoms with Gasteiger partial charge >= 0.3 is 0 Å². The standard InChI is InChI=1S/C13H21BrN2/c1-10(2)13(8-15)16(3)9-11-6-4-5-7-12(11)14/h4-7,10,13H,8-9,15H2,1-3H3. The molecule has 0 radical (unpaired) electrons. The van der Waals surface area contributed by atoms with Crippen LogP contribution in [0.15, 0.2) is 28.7 Å². The van der Waals surface area contributed by atoms with Crippen LogP contribution in [0.3, 0.4) is 0 Å². The van der Waals surface area contributed by atoms with Gasteiger partial charge in [-0.2, -0.15) is 0 Å². The molecule has 0 aliphatic rings. The van der Waals surface area contributed by atoms with E-state index in [0.29, 0.717) is 18.5 Å². The van der Waals surface area contributed by atoms with Crippen LogP contribution >= 0.6 is 15.9 Å². The summed E-state index contributed by atoms with van der Waals surface area (Å²) in [6.07, 6.45) is 0. The Morgan fingerprint density at radius 1 is 1.31 bits per heavy atom. The first-order chi connectivity index (χ1) is 7.56. The minimum absolute atomic E-state index is 0.437. The van der Waals surface area contributed by atoms with Gasteiger partial charge in [-0.15, -0.1) is 0 Å². The van der Waals surface area contributed by atoms with Crippen LogP contribution in [-0.2, 0) is 6.54 Å². The molecule has 1 aromatic rings. The van der Waals surface area contributed by atoms with E-state index in [0.717, 1.165) is 6.54 Å². The van der Waals surface area contributed by atoms with Crippen LogP contribution in [0.25, 0.3) is 0 Å². The molecule has 0 heterocycles. The van der Waals surface area contributed by atoms with Crippen molar-refractivity contribution in [1.82, 2.24) is 4.90 Å². The van der Waals surface area contributed by atoms with Gasteiger partial charge in [0.2, 0.25) is 0 Å². The summed E-state index contributed by atoms with van der Waals surface area (Å²) in [5.74, 6) is 0.581. The van der Waals surface area contributed by atoms with Crippen molar-refractivity contribution in [3.63, 3.8) is 0 Å². The van der Waals surface area contributed by atoms with E-state index in [1.807, 2.05) is 6.07 Å². The highest BCUT2D eigenvalue weighted by Gasteiger charge is 2.17. The molecule has 0 aliphatic heterocycles. The summed E-state index contributed by atoms with van der Waals surface area (Å²) >= 11 is 3.57. The summed E-state index contributed by atoms with van der Waals surface area (Å²) in [6, 6.07) is 8.77. The summed E-state index contributed by atoms with van der Waals surface area (Å²) in [7, 11) is 2.14. The van der Waals surface area contributed by atoms with Crippen LogP contribution in [0.1, 0.15) is 19.4 Å². The smallest absolute Gasteiger partial charge is 0.0245 e. The van der Waals surface area contributed by atoms with Crippen LogP contribution in [-0.4, -0.2) is 24.5 Å². The van der Waals surface area contributed by atoms with Gasteiger partial charge < -0.3 is 5.73 Å². The zero-order chi connectivity index (χ0) is 12.1. The SMILES string of the molecule is CC(C)C(CN)N(C)Cc1ccccc1Br. The first-order valence-corrected chi connectivity index (χ1v) is 6.49. The summed E-state index contributed by atoms with van der Waals surface area (Å²) in [5.41, 5.74) is 7.12. The quantitative estimate of drug-likeness (QED) is 0.901. The largest absolute Gasteiger partial charge is 0.329 e. The predicted molar refractivity (Wildman–Crippen MR) is 73.3 cm³/mol. The van der Waals surface area contributed by atoms with Crippen molar-refractivity contribution < 1.29 is 0 Å². The Balaban J connectivity index is 2.70. The van der Waals surface area contributed by atoms with Gasteiger partial charge in [0.1, 0.15) is 0 Å². The molecule has 0 saturated heterocycles. The van der Waals surface area contributed by atoms with Gasteiger partial charge in [0.25, 0.3) is 0 Å². The molecule has 0 amide bonds. The monoisotopic (exact) mass is 284 g/mol.